The van der Waals surface area contributed by atoms with Crippen LogP contribution in [-0.2, 0) is 10.0 Å². The zero-order chi connectivity index (χ0) is 15.6. The Bertz CT molecular complexity index is 652. The second kappa shape index (κ2) is 7.23. The topological polar surface area (TPSA) is 116 Å². The Balaban J connectivity index is 0.00000242. The molecular weight excluding hydrogens is 334 g/mol. The molecule has 0 aromatic heterocycles. The maximum absolute atomic E-state index is 12.6. The van der Waals surface area contributed by atoms with Gasteiger partial charge in [-0.1, -0.05) is 0 Å². The summed E-state index contributed by atoms with van der Waals surface area (Å²) in [6.45, 7) is 0.491. The highest BCUT2D eigenvalue weighted by Crippen LogP contribution is 2.31. The van der Waals surface area contributed by atoms with Crippen LogP contribution in [0, 0.1) is 10.1 Å². The maximum Gasteiger partial charge on any atom is 0.293 e. The molecular formula is C12H18ClN3O5S. The number of hydrogen-bond acceptors (Lipinski definition) is 6. The molecule has 1 atom stereocenters. The van der Waals surface area contributed by atoms with Gasteiger partial charge in [0.25, 0.3) is 5.69 Å². The summed E-state index contributed by atoms with van der Waals surface area (Å²) in [5.74, 6) is 0.232. The van der Waals surface area contributed by atoms with Crippen molar-refractivity contribution in [3.63, 3.8) is 0 Å². The van der Waals surface area contributed by atoms with Crippen LogP contribution in [-0.4, -0.2) is 43.9 Å². The molecule has 22 heavy (non-hydrogen) atoms. The highest BCUT2D eigenvalue weighted by molar-refractivity contribution is 7.89. The average molecular weight is 352 g/mol. The Hall–Kier alpha value is -1.42. The van der Waals surface area contributed by atoms with Gasteiger partial charge in [-0.05, 0) is 25.0 Å². The lowest BCUT2D eigenvalue weighted by Crippen LogP contribution is -2.45. The van der Waals surface area contributed by atoms with E-state index < -0.39 is 20.6 Å². The first kappa shape index (κ1) is 18.6. The van der Waals surface area contributed by atoms with E-state index in [0.717, 1.165) is 12.5 Å². The van der Waals surface area contributed by atoms with Gasteiger partial charge in [0.05, 0.1) is 18.1 Å². The number of rotatable bonds is 4. The van der Waals surface area contributed by atoms with Crippen molar-refractivity contribution in [3.05, 3.63) is 28.3 Å². The van der Waals surface area contributed by atoms with E-state index in [0.29, 0.717) is 13.0 Å². The fourth-order valence-electron chi connectivity index (χ4n) is 2.32. The minimum Gasteiger partial charge on any atom is -0.497 e. The maximum atomic E-state index is 12.6. The van der Waals surface area contributed by atoms with Gasteiger partial charge in [0.2, 0.25) is 10.0 Å². The summed E-state index contributed by atoms with van der Waals surface area (Å²) in [6.07, 6.45) is 1.39. The monoisotopic (exact) mass is 351 g/mol. The summed E-state index contributed by atoms with van der Waals surface area (Å²) in [6, 6.07) is 3.46. The van der Waals surface area contributed by atoms with Gasteiger partial charge in [-0.25, -0.2) is 8.42 Å². The Morgan fingerprint density at radius 2 is 2.14 bits per heavy atom. The molecule has 8 nitrogen and oxygen atoms in total. The van der Waals surface area contributed by atoms with Gasteiger partial charge in [0, 0.05) is 19.1 Å². The molecule has 0 unspecified atom stereocenters. The first-order valence-corrected chi connectivity index (χ1v) is 7.88. The highest BCUT2D eigenvalue weighted by Gasteiger charge is 2.34. The van der Waals surface area contributed by atoms with Crippen LogP contribution in [0.3, 0.4) is 0 Å². The predicted octanol–water partition coefficient (Wildman–Crippen LogP) is 1.14. The summed E-state index contributed by atoms with van der Waals surface area (Å²) in [5, 5.41) is 11.1. The molecule has 0 saturated carbocycles. The summed E-state index contributed by atoms with van der Waals surface area (Å²) < 4.78 is 31.3. The molecule has 1 aromatic rings. The van der Waals surface area contributed by atoms with Crippen LogP contribution < -0.4 is 10.5 Å². The molecule has 0 amide bonds. The van der Waals surface area contributed by atoms with Crippen molar-refractivity contribution in [1.29, 1.82) is 0 Å². The van der Waals surface area contributed by atoms with Gasteiger partial charge < -0.3 is 10.5 Å². The Kier molecular flexibility index (Phi) is 6.12. The predicted molar refractivity (Wildman–Crippen MR) is 82.9 cm³/mol. The zero-order valence-electron chi connectivity index (χ0n) is 12.0. The second-order valence-electron chi connectivity index (χ2n) is 4.86. The molecule has 1 saturated heterocycles. The van der Waals surface area contributed by atoms with Crippen molar-refractivity contribution >= 4 is 28.1 Å². The van der Waals surface area contributed by atoms with E-state index in [4.69, 9.17) is 10.5 Å². The fourth-order valence-corrected chi connectivity index (χ4v) is 3.99. The number of nitrogens with zero attached hydrogens (tertiary/aromatic N) is 2. The lowest BCUT2D eigenvalue weighted by molar-refractivity contribution is -0.387. The minimum absolute atomic E-state index is 0. The number of benzene rings is 1. The van der Waals surface area contributed by atoms with Crippen molar-refractivity contribution < 1.29 is 18.1 Å². The largest absolute Gasteiger partial charge is 0.497 e. The van der Waals surface area contributed by atoms with Crippen molar-refractivity contribution in [3.8, 4) is 5.75 Å². The van der Waals surface area contributed by atoms with E-state index in [-0.39, 0.29) is 35.6 Å². The van der Waals surface area contributed by atoms with E-state index in [1.54, 1.807) is 0 Å². The van der Waals surface area contributed by atoms with E-state index in [9.17, 15) is 18.5 Å². The Morgan fingerprint density at radius 1 is 1.45 bits per heavy atom. The van der Waals surface area contributed by atoms with Crippen molar-refractivity contribution in [2.45, 2.75) is 23.8 Å². The number of hydrogen-bond donors (Lipinski definition) is 1. The van der Waals surface area contributed by atoms with Gasteiger partial charge in [0.15, 0.2) is 4.90 Å². The van der Waals surface area contributed by atoms with Crippen LogP contribution in [0.4, 0.5) is 5.69 Å². The quantitative estimate of drug-likeness (QED) is 0.642. The van der Waals surface area contributed by atoms with Crippen LogP contribution in [0.25, 0.3) is 0 Å². The fraction of sp³-hybridized carbons (Fsp3) is 0.500. The summed E-state index contributed by atoms with van der Waals surface area (Å²) in [7, 11) is -2.58. The van der Waals surface area contributed by atoms with E-state index in [1.807, 2.05) is 0 Å². The molecule has 0 bridgehead atoms. The number of nitrogens with two attached hydrogens (primary N) is 1. The van der Waals surface area contributed by atoms with Crippen LogP contribution in [0.5, 0.6) is 5.75 Å². The number of methoxy groups -OCH3 is 1. The van der Waals surface area contributed by atoms with E-state index >= 15 is 0 Å². The van der Waals surface area contributed by atoms with Crippen molar-refractivity contribution in [2.24, 2.45) is 5.73 Å². The van der Waals surface area contributed by atoms with Crippen LogP contribution in [0.2, 0.25) is 0 Å². The minimum atomic E-state index is -3.94. The first-order chi connectivity index (χ1) is 9.86. The number of piperidine rings is 1. The number of nitro benzene ring substituents is 1. The first-order valence-electron chi connectivity index (χ1n) is 6.44. The third-order valence-electron chi connectivity index (χ3n) is 3.40. The van der Waals surface area contributed by atoms with Gasteiger partial charge >= 0.3 is 0 Å². The molecule has 2 N–H and O–H groups in total. The third-order valence-corrected chi connectivity index (χ3v) is 5.31. The molecule has 2 rings (SSSR count). The third kappa shape index (κ3) is 3.67. The summed E-state index contributed by atoms with van der Waals surface area (Å²) in [4.78, 5) is 10.1. The standard InChI is InChI=1S/C12H17N3O5S.ClH/c1-20-10-4-5-12(11(7-10)15(16)17)21(18,19)14-6-2-3-9(13)8-14;/h4-5,7,9H,2-3,6,8,13H2,1H3;1H/t9-;/m1./s1. The van der Waals surface area contributed by atoms with Crippen LogP contribution in [0.1, 0.15) is 12.8 Å². The molecule has 1 aliphatic heterocycles. The molecule has 0 radical (unpaired) electrons. The number of halogens is 1. The number of nitro groups is 1. The number of sulfonamides is 1. The second-order valence-corrected chi connectivity index (χ2v) is 6.76. The normalized spacial score (nSPS) is 19.3. The molecule has 1 aliphatic rings. The molecule has 1 heterocycles. The molecule has 1 fully saturated rings. The number of ether oxygens (including phenoxy) is 1. The van der Waals surface area contributed by atoms with Gasteiger partial charge in [-0.2, -0.15) is 4.31 Å². The molecule has 0 aliphatic carbocycles. The van der Waals surface area contributed by atoms with Crippen LogP contribution in [0.15, 0.2) is 23.1 Å². The molecule has 124 valence electrons. The molecule has 0 spiro atoms. The smallest absolute Gasteiger partial charge is 0.293 e. The van der Waals surface area contributed by atoms with Gasteiger partial charge in [0.1, 0.15) is 5.75 Å². The summed E-state index contributed by atoms with van der Waals surface area (Å²) in [5.41, 5.74) is 5.29. The summed E-state index contributed by atoms with van der Waals surface area (Å²) >= 11 is 0. The zero-order valence-corrected chi connectivity index (χ0v) is 13.6. The van der Waals surface area contributed by atoms with E-state index in [2.05, 4.69) is 0 Å². The van der Waals surface area contributed by atoms with Crippen molar-refractivity contribution in [2.75, 3.05) is 20.2 Å². The average Bonchev–Trinajstić information content (AvgIpc) is 2.46. The van der Waals surface area contributed by atoms with Crippen molar-refractivity contribution in [1.82, 2.24) is 4.31 Å². The van der Waals surface area contributed by atoms with Gasteiger partial charge in [-0.15, -0.1) is 12.4 Å². The SMILES string of the molecule is COc1ccc(S(=O)(=O)N2CCC[C@@H](N)C2)c([N+](=O)[O-])c1.Cl. The lowest BCUT2D eigenvalue weighted by atomic mass is 10.1. The van der Waals surface area contributed by atoms with Gasteiger partial charge in [-0.3, -0.25) is 10.1 Å². The van der Waals surface area contributed by atoms with E-state index in [1.165, 1.54) is 23.5 Å². The Morgan fingerprint density at radius 3 is 2.68 bits per heavy atom. The highest BCUT2D eigenvalue weighted by atomic mass is 35.5. The molecule has 10 heteroatoms. The molecule has 1 aromatic carbocycles. The van der Waals surface area contributed by atoms with Crippen LogP contribution >= 0.6 is 12.4 Å². The lowest BCUT2D eigenvalue weighted by Gasteiger charge is -2.29. The Labute approximate surface area is 134 Å².